The number of hydrogen-bond acceptors (Lipinski definition) is 4. The van der Waals surface area contributed by atoms with Crippen LogP contribution in [0, 0.1) is 13.8 Å². The van der Waals surface area contributed by atoms with Gasteiger partial charge in [0.05, 0.1) is 17.1 Å². The van der Waals surface area contributed by atoms with Crippen LogP contribution >= 0.6 is 0 Å². The molecule has 0 spiro atoms. The van der Waals surface area contributed by atoms with Crippen LogP contribution in [0.5, 0.6) is 0 Å². The number of fused-ring (bicyclic) bond motifs is 6. The molecule has 3 aromatic heterocycles. The van der Waals surface area contributed by atoms with E-state index in [1.54, 1.807) is 6.33 Å². The van der Waals surface area contributed by atoms with Gasteiger partial charge in [-0.15, -0.1) is 0 Å². The second-order valence-corrected chi connectivity index (χ2v) is 8.54. The van der Waals surface area contributed by atoms with E-state index in [0.717, 1.165) is 55.9 Å². The molecule has 7 nitrogen and oxygen atoms in total. The largest absolute Gasteiger partial charge is 0.476 e. The van der Waals surface area contributed by atoms with E-state index < -0.39 is 5.97 Å². The highest BCUT2D eigenvalue weighted by atomic mass is 16.4. The summed E-state index contributed by atoms with van der Waals surface area (Å²) >= 11 is 0. The molecule has 4 heterocycles. The Balaban J connectivity index is 1.53. The number of carboxylic acid groups (broad SMARTS) is 1. The second-order valence-electron chi connectivity index (χ2n) is 8.54. The number of benzene rings is 2. The van der Waals surface area contributed by atoms with Crippen molar-refractivity contribution in [1.29, 1.82) is 0 Å². The smallest absolute Gasteiger partial charge is 0.356 e. The van der Waals surface area contributed by atoms with Gasteiger partial charge in [0, 0.05) is 47.3 Å². The van der Waals surface area contributed by atoms with Crippen molar-refractivity contribution >= 4 is 16.9 Å². The third kappa shape index (κ3) is 3.04. The zero-order chi connectivity index (χ0) is 22.7. The van der Waals surface area contributed by atoms with E-state index in [4.69, 9.17) is 4.98 Å². The van der Waals surface area contributed by atoms with Crippen molar-refractivity contribution in [3.05, 3.63) is 94.6 Å². The first-order chi connectivity index (χ1) is 16.0. The average Bonchev–Trinajstić information content (AvgIpc) is 3.38. The highest BCUT2D eigenvalue weighted by Crippen LogP contribution is 2.36. The molecule has 0 fully saturated rings. The first kappa shape index (κ1) is 19.4. The molecular formula is C26H21N5O2. The predicted molar refractivity (Wildman–Crippen MR) is 125 cm³/mol. The summed E-state index contributed by atoms with van der Waals surface area (Å²) in [4.78, 5) is 29.0. The van der Waals surface area contributed by atoms with E-state index >= 15 is 0 Å². The fourth-order valence-corrected chi connectivity index (χ4v) is 4.64. The number of carboxylic acids is 1. The van der Waals surface area contributed by atoms with Gasteiger partial charge in [0.1, 0.15) is 12.2 Å². The number of aryl methyl sites for hydroxylation is 2. The fraction of sp³-hybridized carbons (Fsp3) is 0.154. The molecule has 0 aliphatic carbocycles. The van der Waals surface area contributed by atoms with Crippen molar-refractivity contribution in [2.45, 2.75) is 26.7 Å². The van der Waals surface area contributed by atoms with Gasteiger partial charge >= 0.3 is 5.97 Å². The summed E-state index contributed by atoms with van der Waals surface area (Å²) in [5.74, 6) is -0.305. The summed E-state index contributed by atoms with van der Waals surface area (Å²) in [5, 5.41) is 10.8. The zero-order valence-corrected chi connectivity index (χ0v) is 18.3. The maximum Gasteiger partial charge on any atom is 0.356 e. The molecule has 0 saturated carbocycles. The molecule has 0 radical (unpaired) electrons. The summed E-state index contributed by atoms with van der Waals surface area (Å²) < 4.78 is 1.88. The van der Waals surface area contributed by atoms with E-state index in [9.17, 15) is 9.90 Å². The summed E-state index contributed by atoms with van der Waals surface area (Å²) in [5.41, 5.74) is 8.80. The van der Waals surface area contributed by atoms with Crippen molar-refractivity contribution in [3.63, 3.8) is 0 Å². The van der Waals surface area contributed by atoms with Gasteiger partial charge in [-0.05, 0) is 48.7 Å². The Morgan fingerprint density at radius 1 is 1.15 bits per heavy atom. The Labute approximate surface area is 189 Å². The van der Waals surface area contributed by atoms with Crippen LogP contribution in [-0.4, -0.2) is 35.6 Å². The number of aromatic carboxylic acids is 1. The van der Waals surface area contributed by atoms with Crippen molar-refractivity contribution in [2.75, 3.05) is 0 Å². The maximum absolute atomic E-state index is 11.8. The molecule has 5 aromatic rings. The Bertz CT molecular complexity index is 1580. The van der Waals surface area contributed by atoms with E-state index in [2.05, 4.69) is 53.1 Å². The van der Waals surface area contributed by atoms with Crippen molar-refractivity contribution in [1.82, 2.24) is 24.5 Å². The molecule has 0 atom stereocenters. The standard InChI is InChI=1S/C26H21N5O2/c1-14-7-19-21(8-15(14)2)31-13-29-25(26(32)33)22(31)9-17-12-28-23(30-24(17)19)10-16-11-27-20-6-4-3-5-18(16)20/h3-8,11-13,27H,9-10H2,1-2H3,(H,32,33). The monoisotopic (exact) mass is 435 g/mol. The molecule has 7 heteroatoms. The molecule has 1 aliphatic heterocycles. The van der Waals surface area contributed by atoms with Gasteiger partial charge in [0.2, 0.25) is 0 Å². The number of nitrogens with zero attached hydrogens (tertiary/aromatic N) is 4. The highest BCUT2D eigenvalue weighted by molar-refractivity contribution is 5.88. The fourth-order valence-electron chi connectivity index (χ4n) is 4.64. The summed E-state index contributed by atoms with van der Waals surface area (Å²) in [7, 11) is 0. The molecule has 0 bridgehead atoms. The average molecular weight is 435 g/mol. The molecule has 0 unspecified atom stereocenters. The maximum atomic E-state index is 11.8. The van der Waals surface area contributed by atoms with E-state index in [0.29, 0.717) is 18.5 Å². The van der Waals surface area contributed by atoms with Crippen molar-refractivity contribution in [2.24, 2.45) is 0 Å². The molecule has 162 valence electrons. The molecule has 33 heavy (non-hydrogen) atoms. The molecular weight excluding hydrogens is 414 g/mol. The van der Waals surface area contributed by atoms with Gasteiger partial charge in [-0.3, -0.25) is 0 Å². The molecule has 6 rings (SSSR count). The van der Waals surface area contributed by atoms with Crippen LogP contribution in [0.4, 0.5) is 0 Å². The number of imidazole rings is 1. The quantitative estimate of drug-likeness (QED) is 0.423. The normalized spacial score (nSPS) is 12.2. The lowest BCUT2D eigenvalue weighted by Crippen LogP contribution is -2.06. The van der Waals surface area contributed by atoms with Crippen LogP contribution in [0.2, 0.25) is 0 Å². The Hall–Kier alpha value is -4.26. The number of para-hydroxylation sites is 1. The number of rotatable bonds is 3. The lowest BCUT2D eigenvalue weighted by atomic mass is 9.99. The molecule has 0 amide bonds. The zero-order valence-electron chi connectivity index (χ0n) is 18.3. The van der Waals surface area contributed by atoms with Gasteiger partial charge in [-0.25, -0.2) is 19.7 Å². The second kappa shape index (κ2) is 7.13. The molecule has 2 aromatic carbocycles. The van der Waals surface area contributed by atoms with Crippen LogP contribution in [0.25, 0.3) is 27.8 Å². The van der Waals surface area contributed by atoms with Crippen LogP contribution in [0.1, 0.15) is 44.3 Å². The summed E-state index contributed by atoms with van der Waals surface area (Å²) in [6.45, 7) is 4.13. The first-order valence-corrected chi connectivity index (χ1v) is 10.8. The number of aromatic nitrogens is 5. The number of carbonyl (C=O) groups is 1. The minimum absolute atomic E-state index is 0.0647. The Kier molecular flexibility index (Phi) is 4.20. The minimum atomic E-state index is -1.03. The molecule has 0 saturated heterocycles. The first-order valence-electron chi connectivity index (χ1n) is 10.8. The summed E-state index contributed by atoms with van der Waals surface area (Å²) in [6.07, 6.45) is 6.44. The lowest BCUT2D eigenvalue weighted by molar-refractivity contribution is 0.0690. The Morgan fingerprint density at radius 3 is 2.82 bits per heavy atom. The third-order valence-corrected chi connectivity index (χ3v) is 6.49. The van der Waals surface area contributed by atoms with Gasteiger partial charge in [-0.2, -0.15) is 0 Å². The number of H-pyrrole nitrogens is 1. The van der Waals surface area contributed by atoms with Crippen molar-refractivity contribution < 1.29 is 9.90 Å². The van der Waals surface area contributed by atoms with Gasteiger partial charge < -0.3 is 14.7 Å². The topological polar surface area (TPSA) is 96.7 Å². The third-order valence-electron chi connectivity index (χ3n) is 6.49. The Morgan fingerprint density at radius 2 is 1.97 bits per heavy atom. The van der Waals surface area contributed by atoms with Crippen LogP contribution in [0.15, 0.2) is 55.1 Å². The van der Waals surface area contributed by atoms with E-state index in [1.807, 2.05) is 29.1 Å². The highest BCUT2D eigenvalue weighted by Gasteiger charge is 2.27. The lowest BCUT2D eigenvalue weighted by Gasteiger charge is -2.13. The minimum Gasteiger partial charge on any atom is -0.476 e. The molecule has 2 N–H and O–H groups in total. The van der Waals surface area contributed by atoms with Gasteiger partial charge in [0.25, 0.3) is 0 Å². The van der Waals surface area contributed by atoms with Gasteiger partial charge in [0.15, 0.2) is 5.69 Å². The van der Waals surface area contributed by atoms with E-state index in [1.165, 1.54) is 0 Å². The van der Waals surface area contributed by atoms with E-state index in [-0.39, 0.29) is 5.69 Å². The molecule has 1 aliphatic rings. The van der Waals surface area contributed by atoms with Gasteiger partial charge in [-0.1, -0.05) is 18.2 Å². The predicted octanol–water partition coefficient (Wildman–Crippen LogP) is 4.62. The number of nitrogens with one attached hydrogen (secondary N) is 1. The number of aromatic amines is 1. The van der Waals surface area contributed by atoms with Crippen LogP contribution in [-0.2, 0) is 12.8 Å². The SMILES string of the molecule is Cc1cc2c(cc1C)-n1cnc(C(=O)O)c1Cc1cnc(Cc3c[nH]c4ccccc34)nc1-2. The number of hydrogen-bond donors (Lipinski definition) is 2. The van der Waals surface area contributed by atoms with Crippen LogP contribution in [0.3, 0.4) is 0 Å². The van der Waals surface area contributed by atoms with Crippen LogP contribution < -0.4 is 0 Å². The summed E-state index contributed by atoms with van der Waals surface area (Å²) in [6, 6.07) is 12.4. The van der Waals surface area contributed by atoms with Crippen molar-refractivity contribution in [3.8, 4) is 16.9 Å².